The monoisotopic (exact) mass is 281 g/mol. The average molecular weight is 281 g/mol. The Kier molecular flexibility index (Phi) is 4.29. The molecule has 1 unspecified atom stereocenters. The van der Waals surface area contributed by atoms with Gasteiger partial charge in [-0.3, -0.25) is 0 Å². The highest BCUT2D eigenvalue weighted by atomic mass is 19.1. The van der Waals surface area contributed by atoms with Crippen molar-refractivity contribution in [1.29, 1.82) is 0 Å². The van der Waals surface area contributed by atoms with Crippen LogP contribution >= 0.6 is 0 Å². The number of rotatable bonds is 4. The molecule has 106 valence electrons. The van der Waals surface area contributed by atoms with Gasteiger partial charge in [0.15, 0.2) is 0 Å². The first-order valence-corrected chi connectivity index (χ1v) is 6.03. The summed E-state index contributed by atoms with van der Waals surface area (Å²) in [6, 6.07) is 7.44. The molecule has 20 heavy (non-hydrogen) atoms. The SMILES string of the molecule is CNC(c1ccccc1OC)c1c(F)cc(F)cc1F. The van der Waals surface area contributed by atoms with E-state index in [0.29, 0.717) is 23.4 Å². The lowest BCUT2D eigenvalue weighted by molar-refractivity contribution is 0.403. The minimum Gasteiger partial charge on any atom is -0.496 e. The third kappa shape index (κ3) is 2.63. The molecule has 1 atom stereocenters. The number of hydrogen-bond acceptors (Lipinski definition) is 2. The molecule has 0 aliphatic heterocycles. The molecule has 0 saturated heterocycles. The van der Waals surface area contributed by atoms with Crippen molar-refractivity contribution in [2.75, 3.05) is 14.2 Å². The van der Waals surface area contributed by atoms with E-state index in [1.807, 2.05) is 0 Å². The molecule has 5 heteroatoms. The molecule has 0 aliphatic rings. The Morgan fingerprint density at radius 1 is 1.05 bits per heavy atom. The van der Waals surface area contributed by atoms with Crippen molar-refractivity contribution in [1.82, 2.24) is 5.32 Å². The molecule has 0 bridgehead atoms. The van der Waals surface area contributed by atoms with E-state index in [9.17, 15) is 13.2 Å². The van der Waals surface area contributed by atoms with E-state index in [0.717, 1.165) is 0 Å². The van der Waals surface area contributed by atoms with Crippen molar-refractivity contribution in [3.63, 3.8) is 0 Å². The Bertz CT molecular complexity index is 593. The zero-order valence-corrected chi connectivity index (χ0v) is 11.1. The molecule has 0 heterocycles. The molecular formula is C15H14F3NO. The maximum absolute atomic E-state index is 13.9. The molecule has 0 fully saturated rings. The molecule has 0 aliphatic carbocycles. The maximum atomic E-state index is 13.9. The summed E-state index contributed by atoms with van der Waals surface area (Å²) in [6.45, 7) is 0. The van der Waals surface area contributed by atoms with E-state index in [1.54, 1.807) is 31.3 Å². The number of nitrogens with one attached hydrogen (secondary N) is 1. The molecule has 0 aromatic heterocycles. The molecule has 0 amide bonds. The van der Waals surface area contributed by atoms with Crippen molar-refractivity contribution in [3.05, 3.63) is 65.0 Å². The topological polar surface area (TPSA) is 21.3 Å². The van der Waals surface area contributed by atoms with Crippen LogP contribution in [0.5, 0.6) is 5.75 Å². The fourth-order valence-electron chi connectivity index (χ4n) is 2.19. The Hall–Kier alpha value is -2.01. The van der Waals surface area contributed by atoms with E-state index in [2.05, 4.69) is 5.32 Å². The first-order valence-electron chi connectivity index (χ1n) is 6.03. The highest BCUT2D eigenvalue weighted by Crippen LogP contribution is 2.32. The van der Waals surface area contributed by atoms with Crippen molar-refractivity contribution >= 4 is 0 Å². The van der Waals surface area contributed by atoms with Gasteiger partial charge in [0.05, 0.1) is 13.2 Å². The van der Waals surface area contributed by atoms with Crippen molar-refractivity contribution in [2.24, 2.45) is 0 Å². The van der Waals surface area contributed by atoms with E-state index in [1.165, 1.54) is 7.11 Å². The van der Waals surface area contributed by atoms with Crippen molar-refractivity contribution in [2.45, 2.75) is 6.04 Å². The average Bonchev–Trinajstić information content (AvgIpc) is 2.42. The van der Waals surface area contributed by atoms with Crippen LogP contribution in [-0.4, -0.2) is 14.2 Å². The fraction of sp³-hybridized carbons (Fsp3) is 0.200. The van der Waals surface area contributed by atoms with Crippen LogP contribution in [-0.2, 0) is 0 Å². The standard InChI is InChI=1S/C15H14F3NO/c1-19-15(10-5-3-4-6-13(10)20-2)14-11(17)7-9(16)8-12(14)18/h3-8,15,19H,1-2H3. The van der Waals surface area contributed by atoms with Gasteiger partial charge in [-0.05, 0) is 13.1 Å². The Balaban J connectivity index is 2.59. The van der Waals surface area contributed by atoms with E-state index >= 15 is 0 Å². The highest BCUT2D eigenvalue weighted by molar-refractivity contribution is 5.42. The molecule has 0 spiro atoms. The summed E-state index contributed by atoms with van der Waals surface area (Å²) in [4.78, 5) is 0. The number of hydrogen-bond donors (Lipinski definition) is 1. The second kappa shape index (κ2) is 5.96. The first kappa shape index (κ1) is 14.4. The van der Waals surface area contributed by atoms with Crippen molar-refractivity contribution < 1.29 is 17.9 Å². The highest BCUT2D eigenvalue weighted by Gasteiger charge is 2.24. The summed E-state index contributed by atoms with van der Waals surface area (Å²) in [5.41, 5.74) is 0.334. The molecule has 0 saturated carbocycles. The summed E-state index contributed by atoms with van der Waals surface area (Å²) in [7, 11) is 3.04. The van der Waals surface area contributed by atoms with Gasteiger partial charge in [-0.1, -0.05) is 18.2 Å². The van der Waals surface area contributed by atoms with E-state index in [4.69, 9.17) is 4.74 Å². The smallest absolute Gasteiger partial charge is 0.134 e. The van der Waals surface area contributed by atoms with Gasteiger partial charge in [0.2, 0.25) is 0 Å². The van der Waals surface area contributed by atoms with E-state index in [-0.39, 0.29) is 5.56 Å². The van der Waals surface area contributed by atoms with Crippen LogP contribution in [0.15, 0.2) is 36.4 Å². The van der Waals surface area contributed by atoms with Gasteiger partial charge >= 0.3 is 0 Å². The minimum atomic E-state index is -0.946. The summed E-state index contributed by atoms with van der Waals surface area (Å²) >= 11 is 0. The van der Waals surface area contributed by atoms with Crippen LogP contribution in [0.2, 0.25) is 0 Å². The van der Waals surface area contributed by atoms with Gasteiger partial charge in [-0.15, -0.1) is 0 Å². The lowest BCUT2D eigenvalue weighted by atomic mass is 9.97. The second-order valence-electron chi connectivity index (χ2n) is 4.25. The molecule has 2 rings (SSSR count). The maximum Gasteiger partial charge on any atom is 0.134 e. The summed E-state index contributed by atoms with van der Waals surface area (Å²) < 4.78 is 46.0. The zero-order valence-electron chi connectivity index (χ0n) is 11.1. The number of halogens is 3. The Morgan fingerprint density at radius 2 is 1.65 bits per heavy atom. The number of para-hydroxylation sites is 1. The van der Waals surface area contributed by atoms with Gasteiger partial charge in [-0.25, -0.2) is 13.2 Å². The predicted octanol–water partition coefficient (Wildman–Crippen LogP) is 3.42. The number of ether oxygens (including phenoxy) is 1. The van der Waals surface area contributed by atoms with E-state index < -0.39 is 23.5 Å². The second-order valence-corrected chi connectivity index (χ2v) is 4.25. The molecule has 2 aromatic rings. The van der Waals surface area contributed by atoms with Crippen LogP contribution in [0.1, 0.15) is 17.2 Å². The third-order valence-electron chi connectivity index (χ3n) is 3.07. The minimum absolute atomic E-state index is 0.238. The van der Waals surface area contributed by atoms with Gasteiger partial charge < -0.3 is 10.1 Å². The number of methoxy groups -OCH3 is 1. The van der Waals surface area contributed by atoms with Gasteiger partial charge in [0, 0.05) is 23.3 Å². The summed E-state index contributed by atoms with van der Waals surface area (Å²) in [5.74, 6) is -2.32. The normalized spacial score (nSPS) is 12.2. The van der Waals surface area contributed by atoms with Crippen LogP contribution in [0.25, 0.3) is 0 Å². The van der Waals surface area contributed by atoms with Gasteiger partial charge in [0.25, 0.3) is 0 Å². The Labute approximate surface area is 115 Å². The Morgan fingerprint density at radius 3 is 2.20 bits per heavy atom. The summed E-state index contributed by atoms with van der Waals surface area (Å²) in [6.07, 6.45) is 0. The van der Waals surface area contributed by atoms with Gasteiger partial charge in [-0.2, -0.15) is 0 Å². The molecule has 2 aromatic carbocycles. The molecular weight excluding hydrogens is 267 g/mol. The van der Waals surface area contributed by atoms with Crippen LogP contribution in [0.3, 0.4) is 0 Å². The predicted molar refractivity (Wildman–Crippen MR) is 70.2 cm³/mol. The lowest BCUT2D eigenvalue weighted by Crippen LogP contribution is -2.21. The largest absolute Gasteiger partial charge is 0.496 e. The fourth-order valence-corrected chi connectivity index (χ4v) is 2.19. The van der Waals surface area contributed by atoms with Crippen LogP contribution in [0.4, 0.5) is 13.2 Å². The number of benzene rings is 2. The summed E-state index contributed by atoms with van der Waals surface area (Å²) in [5, 5.41) is 2.83. The third-order valence-corrected chi connectivity index (χ3v) is 3.07. The van der Waals surface area contributed by atoms with Crippen LogP contribution in [0, 0.1) is 17.5 Å². The first-order chi connectivity index (χ1) is 9.58. The van der Waals surface area contributed by atoms with Crippen LogP contribution < -0.4 is 10.1 Å². The molecule has 0 radical (unpaired) electrons. The van der Waals surface area contributed by atoms with Gasteiger partial charge in [0.1, 0.15) is 23.2 Å². The zero-order chi connectivity index (χ0) is 14.7. The lowest BCUT2D eigenvalue weighted by Gasteiger charge is -2.20. The molecule has 2 nitrogen and oxygen atoms in total. The molecule has 1 N–H and O–H groups in total. The quantitative estimate of drug-likeness (QED) is 0.927. The van der Waals surface area contributed by atoms with Crippen molar-refractivity contribution in [3.8, 4) is 5.75 Å².